The van der Waals surface area contributed by atoms with E-state index in [1.54, 1.807) is 0 Å². The number of benzene rings is 1. The Hall–Kier alpha value is -1.60. The van der Waals surface area contributed by atoms with Crippen molar-refractivity contribution in [3.05, 3.63) is 35.9 Å². The Kier molecular flexibility index (Phi) is 6.47. The molecule has 0 aliphatic heterocycles. The lowest BCUT2D eigenvalue weighted by atomic mass is 10.2. The monoisotopic (exact) mass is 298 g/mol. The first kappa shape index (κ1) is 16.5. The van der Waals surface area contributed by atoms with Crippen LogP contribution in [-0.4, -0.2) is 45.2 Å². The van der Waals surface area contributed by atoms with E-state index in [4.69, 9.17) is 5.14 Å². The molecule has 0 amide bonds. The standard InChI is InChI=1S/C13H22N4O2S/c1-3-15-13(16-9-10-20(14,18)19)17(2)11-12-7-5-4-6-8-12/h4-8H,3,9-11H2,1-2H3,(H,15,16)(H2,14,18,19). The van der Waals surface area contributed by atoms with Gasteiger partial charge in [-0.1, -0.05) is 30.3 Å². The van der Waals surface area contributed by atoms with Crippen molar-refractivity contribution in [2.45, 2.75) is 13.5 Å². The van der Waals surface area contributed by atoms with Crippen LogP contribution < -0.4 is 10.5 Å². The summed E-state index contributed by atoms with van der Waals surface area (Å²) in [5.74, 6) is 0.515. The molecule has 0 fully saturated rings. The van der Waals surface area contributed by atoms with Crippen LogP contribution in [0.5, 0.6) is 0 Å². The van der Waals surface area contributed by atoms with Crippen LogP contribution in [0.15, 0.2) is 35.3 Å². The highest BCUT2D eigenvalue weighted by Gasteiger charge is 2.07. The van der Waals surface area contributed by atoms with Gasteiger partial charge in [-0.3, -0.25) is 4.99 Å². The van der Waals surface area contributed by atoms with Crippen molar-refractivity contribution in [3.63, 3.8) is 0 Å². The Morgan fingerprint density at radius 3 is 2.55 bits per heavy atom. The van der Waals surface area contributed by atoms with Gasteiger partial charge in [0.15, 0.2) is 5.96 Å². The third kappa shape index (κ3) is 6.53. The third-order valence-corrected chi connectivity index (χ3v) is 3.35. The highest BCUT2D eigenvalue weighted by molar-refractivity contribution is 7.89. The molecule has 6 nitrogen and oxygen atoms in total. The van der Waals surface area contributed by atoms with Gasteiger partial charge < -0.3 is 10.2 Å². The van der Waals surface area contributed by atoms with Crippen molar-refractivity contribution in [2.24, 2.45) is 10.1 Å². The number of rotatable bonds is 6. The van der Waals surface area contributed by atoms with Crippen LogP contribution in [0.4, 0.5) is 0 Å². The Balaban J connectivity index is 2.66. The Morgan fingerprint density at radius 2 is 2.00 bits per heavy atom. The predicted octanol–water partition coefficient (Wildman–Crippen LogP) is 0.372. The third-order valence-electron chi connectivity index (χ3n) is 2.60. The zero-order valence-electron chi connectivity index (χ0n) is 11.9. The number of hydrogen-bond acceptors (Lipinski definition) is 3. The first-order valence-electron chi connectivity index (χ1n) is 6.46. The fourth-order valence-corrected chi connectivity index (χ4v) is 2.03. The summed E-state index contributed by atoms with van der Waals surface area (Å²) in [5, 5.41) is 8.09. The number of nitrogens with zero attached hydrogens (tertiary/aromatic N) is 2. The second kappa shape index (κ2) is 7.86. The molecule has 20 heavy (non-hydrogen) atoms. The summed E-state index contributed by atoms with van der Waals surface area (Å²) in [5.41, 5.74) is 1.16. The molecule has 0 aliphatic rings. The van der Waals surface area contributed by atoms with Crippen molar-refractivity contribution >= 4 is 16.0 Å². The molecule has 3 N–H and O–H groups in total. The van der Waals surface area contributed by atoms with Gasteiger partial charge in [0.2, 0.25) is 10.0 Å². The maximum Gasteiger partial charge on any atom is 0.210 e. The van der Waals surface area contributed by atoms with Crippen molar-refractivity contribution in [1.82, 2.24) is 10.2 Å². The molecule has 0 saturated heterocycles. The number of nitrogens with one attached hydrogen (secondary N) is 1. The largest absolute Gasteiger partial charge is 0.357 e. The second-order valence-corrected chi connectivity index (χ2v) is 6.18. The van der Waals surface area contributed by atoms with Gasteiger partial charge in [0.25, 0.3) is 0 Å². The number of sulfonamides is 1. The molecule has 0 atom stereocenters. The first-order valence-corrected chi connectivity index (χ1v) is 8.17. The topological polar surface area (TPSA) is 87.8 Å². The minimum absolute atomic E-state index is 0.152. The smallest absolute Gasteiger partial charge is 0.210 e. The van der Waals surface area contributed by atoms with Crippen LogP contribution in [0.3, 0.4) is 0 Å². The molecule has 112 valence electrons. The number of primary sulfonamides is 1. The summed E-state index contributed by atoms with van der Waals surface area (Å²) in [6.07, 6.45) is 0. The van der Waals surface area contributed by atoms with Gasteiger partial charge >= 0.3 is 0 Å². The molecule has 1 aromatic rings. The Morgan fingerprint density at radius 1 is 1.35 bits per heavy atom. The molecule has 0 aliphatic carbocycles. The van der Waals surface area contributed by atoms with Crippen LogP contribution in [-0.2, 0) is 16.6 Å². The molecule has 0 saturated carbocycles. The minimum atomic E-state index is -3.47. The molecule has 0 unspecified atom stereocenters. The molecule has 0 bridgehead atoms. The molecular formula is C13H22N4O2S. The average Bonchev–Trinajstić information content (AvgIpc) is 2.37. The van der Waals surface area contributed by atoms with E-state index in [0.717, 1.165) is 5.56 Å². The van der Waals surface area contributed by atoms with Crippen molar-refractivity contribution in [1.29, 1.82) is 0 Å². The van der Waals surface area contributed by atoms with E-state index >= 15 is 0 Å². The molecule has 7 heteroatoms. The lowest BCUT2D eigenvalue weighted by Gasteiger charge is -2.22. The summed E-state index contributed by atoms with van der Waals surface area (Å²) in [7, 11) is -1.56. The fourth-order valence-electron chi connectivity index (χ4n) is 1.68. The zero-order valence-corrected chi connectivity index (χ0v) is 12.7. The van der Waals surface area contributed by atoms with Crippen molar-refractivity contribution in [3.8, 4) is 0 Å². The highest BCUT2D eigenvalue weighted by atomic mass is 32.2. The molecule has 0 radical (unpaired) electrons. The number of nitrogens with two attached hydrogens (primary N) is 1. The van der Waals surface area contributed by atoms with Crippen LogP contribution >= 0.6 is 0 Å². The van der Waals surface area contributed by atoms with Crippen LogP contribution in [0.1, 0.15) is 12.5 Å². The van der Waals surface area contributed by atoms with E-state index in [1.807, 2.05) is 49.2 Å². The van der Waals surface area contributed by atoms with Gasteiger partial charge in [-0.15, -0.1) is 0 Å². The van der Waals surface area contributed by atoms with E-state index in [9.17, 15) is 8.42 Å². The van der Waals surface area contributed by atoms with Gasteiger partial charge in [-0.05, 0) is 12.5 Å². The summed E-state index contributed by atoms with van der Waals surface area (Å²) in [6.45, 7) is 3.53. The highest BCUT2D eigenvalue weighted by Crippen LogP contribution is 2.02. The van der Waals surface area contributed by atoms with Crippen molar-refractivity contribution < 1.29 is 8.42 Å². The molecular weight excluding hydrogens is 276 g/mol. The van der Waals surface area contributed by atoms with E-state index in [-0.39, 0.29) is 12.3 Å². The molecule has 0 heterocycles. The number of guanidine groups is 1. The number of aliphatic imine (C=N–C) groups is 1. The summed E-state index contributed by atoms with van der Waals surface area (Å²) in [4.78, 5) is 6.21. The molecule has 0 aromatic heterocycles. The van der Waals surface area contributed by atoms with Gasteiger partial charge in [-0.25, -0.2) is 13.6 Å². The summed E-state index contributed by atoms with van der Waals surface area (Å²) >= 11 is 0. The number of hydrogen-bond donors (Lipinski definition) is 2. The normalized spacial score (nSPS) is 12.2. The first-order chi connectivity index (χ1) is 9.42. The van der Waals surface area contributed by atoms with Crippen LogP contribution in [0, 0.1) is 0 Å². The maximum absolute atomic E-state index is 10.9. The lowest BCUT2D eigenvalue weighted by Crippen LogP contribution is -2.39. The molecule has 0 spiro atoms. The van der Waals surface area contributed by atoms with E-state index in [1.165, 1.54) is 0 Å². The Labute approximate surface area is 120 Å². The summed E-state index contributed by atoms with van der Waals surface area (Å²) < 4.78 is 21.8. The van der Waals surface area contributed by atoms with Gasteiger partial charge in [0.1, 0.15) is 0 Å². The Bertz CT molecular complexity index is 529. The minimum Gasteiger partial charge on any atom is -0.357 e. The van der Waals surface area contributed by atoms with Gasteiger partial charge in [-0.2, -0.15) is 0 Å². The molecule has 1 aromatic carbocycles. The maximum atomic E-state index is 10.9. The van der Waals surface area contributed by atoms with E-state index in [0.29, 0.717) is 19.0 Å². The fraction of sp³-hybridized carbons (Fsp3) is 0.462. The quantitative estimate of drug-likeness (QED) is 0.587. The van der Waals surface area contributed by atoms with Gasteiger partial charge in [0.05, 0.1) is 12.3 Å². The lowest BCUT2D eigenvalue weighted by molar-refractivity contribution is 0.477. The zero-order chi connectivity index (χ0) is 15.0. The summed E-state index contributed by atoms with van der Waals surface area (Å²) in [6, 6.07) is 9.99. The van der Waals surface area contributed by atoms with Crippen LogP contribution in [0.25, 0.3) is 0 Å². The van der Waals surface area contributed by atoms with E-state index < -0.39 is 10.0 Å². The SMILES string of the molecule is CCNC(=NCCS(N)(=O)=O)N(C)Cc1ccccc1. The van der Waals surface area contributed by atoms with Crippen LogP contribution in [0.2, 0.25) is 0 Å². The van der Waals surface area contributed by atoms with E-state index in [2.05, 4.69) is 10.3 Å². The second-order valence-electron chi connectivity index (χ2n) is 4.44. The van der Waals surface area contributed by atoms with Crippen molar-refractivity contribution in [2.75, 3.05) is 25.9 Å². The molecule has 1 rings (SSSR count). The predicted molar refractivity (Wildman–Crippen MR) is 81.9 cm³/mol. The van der Waals surface area contributed by atoms with Gasteiger partial charge in [0, 0.05) is 20.1 Å². The average molecular weight is 298 g/mol.